The first-order valence-corrected chi connectivity index (χ1v) is 13.0. The standard InChI is InChI=1S/C28H28N4O2S/c1-20(33)28-29-13-14-32(28)18-26-16-27(34-31-26)24-10-8-22(9-11-24)3-2-21-4-6-23(7-5-21)17-30-25-12-15-35-19-25/h4-11,13-14,16,20,25,30,33H,12,15,17-19H2,1H3. The highest BCUT2D eigenvalue weighted by Gasteiger charge is 2.14. The minimum Gasteiger partial charge on any atom is -0.385 e. The Hall–Kier alpha value is -3.31. The molecule has 7 heteroatoms. The second-order valence-electron chi connectivity index (χ2n) is 8.74. The summed E-state index contributed by atoms with van der Waals surface area (Å²) in [7, 11) is 0. The minimum atomic E-state index is -0.638. The molecule has 2 aromatic heterocycles. The number of benzene rings is 2. The number of thioether (sulfide) groups is 1. The molecular weight excluding hydrogens is 456 g/mol. The third-order valence-electron chi connectivity index (χ3n) is 6.01. The zero-order valence-corrected chi connectivity index (χ0v) is 20.5. The van der Waals surface area contributed by atoms with Crippen LogP contribution in [-0.2, 0) is 13.1 Å². The summed E-state index contributed by atoms with van der Waals surface area (Å²) in [6, 6.07) is 19.0. The second-order valence-corrected chi connectivity index (χ2v) is 9.89. The molecule has 6 nitrogen and oxygen atoms in total. The Kier molecular flexibility index (Phi) is 7.34. The lowest BCUT2D eigenvalue weighted by Crippen LogP contribution is -2.27. The summed E-state index contributed by atoms with van der Waals surface area (Å²) in [5.41, 5.74) is 4.94. The van der Waals surface area contributed by atoms with Crippen molar-refractivity contribution in [1.29, 1.82) is 0 Å². The van der Waals surface area contributed by atoms with Crippen molar-refractivity contribution in [2.24, 2.45) is 0 Å². The van der Waals surface area contributed by atoms with Crippen molar-refractivity contribution in [2.75, 3.05) is 11.5 Å². The van der Waals surface area contributed by atoms with E-state index in [1.807, 2.05) is 52.9 Å². The molecule has 1 aliphatic rings. The minimum absolute atomic E-state index is 0.488. The van der Waals surface area contributed by atoms with Crippen molar-refractivity contribution in [3.63, 3.8) is 0 Å². The molecule has 1 fully saturated rings. The van der Waals surface area contributed by atoms with Crippen LogP contribution in [0.3, 0.4) is 0 Å². The van der Waals surface area contributed by atoms with Crippen LogP contribution in [0, 0.1) is 11.8 Å². The first-order valence-electron chi connectivity index (χ1n) is 11.8. The summed E-state index contributed by atoms with van der Waals surface area (Å²) in [5, 5.41) is 17.6. The maximum absolute atomic E-state index is 9.83. The quantitative estimate of drug-likeness (QED) is 0.373. The smallest absolute Gasteiger partial charge is 0.167 e. The van der Waals surface area contributed by atoms with E-state index in [9.17, 15) is 5.11 Å². The molecule has 0 spiro atoms. The van der Waals surface area contributed by atoms with Crippen molar-refractivity contribution in [3.8, 4) is 23.2 Å². The highest BCUT2D eigenvalue weighted by Crippen LogP contribution is 2.22. The van der Waals surface area contributed by atoms with Gasteiger partial charge >= 0.3 is 0 Å². The van der Waals surface area contributed by atoms with Crippen molar-refractivity contribution >= 4 is 11.8 Å². The molecule has 2 atom stereocenters. The molecule has 35 heavy (non-hydrogen) atoms. The number of rotatable bonds is 7. The van der Waals surface area contributed by atoms with E-state index in [0.29, 0.717) is 24.2 Å². The van der Waals surface area contributed by atoms with Gasteiger partial charge in [0.25, 0.3) is 0 Å². The van der Waals surface area contributed by atoms with Crippen LogP contribution >= 0.6 is 11.8 Å². The molecule has 0 radical (unpaired) electrons. The van der Waals surface area contributed by atoms with E-state index in [0.717, 1.165) is 28.9 Å². The number of nitrogens with zero attached hydrogens (tertiary/aromatic N) is 3. The predicted molar refractivity (Wildman–Crippen MR) is 139 cm³/mol. The van der Waals surface area contributed by atoms with E-state index in [1.54, 1.807) is 13.1 Å². The Labute approximate surface area is 209 Å². The molecule has 1 aliphatic heterocycles. The van der Waals surface area contributed by atoms with Crippen LogP contribution in [0.5, 0.6) is 0 Å². The summed E-state index contributed by atoms with van der Waals surface area (Å²) in [5.74, 6) is 10.3. The van der Waals surface area contributed by atoms with Crippen LogP contribution in [0.25, 0.3) is 11.3 Å². The van der Waals surface area contributed by atoms with Crippen LogP contribution in [-0.4, -0.2) is 37.4 Å². The van der Waals surface area contributed by atoms with E-state index >= 15 is 0 Å². The summed E-state index contributed by atoms with van der Waals surface area (Å²) >= 11 is 2.03. The van der Waals surface area contributed by atoms with Gasteiger partial charge in [0, 0.05) is 53.5 Å². The number of hydrogen-bond acceptors (Lipinski definition) is 6. The molecular formula is C28H28N4O2S. The molecule has 2 aromatic carbocycles. The number of aliphatic hydroxyl groups is 1. The first-order chi connectivity index (χ1) is 17.1. The number of aliphatic hydroxyl groups excluding tert-OH is 1. The van der Waals surface area contributed by atoms with E-state index in [1.165, 1.54) is 23.5 Å². The summed E-state index contributed by atoms with van der Waals surface area (Å²) < 4.78 is 7.41. The molecule has 4 aromatic rings. The van der Waals surface area contributed by atoms with Crippen LogP contribution < -0.4 is 5.32 Å². The number of nitrogens with one attached hydrogen (secondary N) is 1. The average Bonchev–Trinajstić information content (AvgIpc) is 3.65. The normalized spacial score (nSPS) is 16.1. The van der Waals surface area contributed by atoms with Gasteiger partial charge in [0.05, 0.1) is 6.54 Å². The van der Waals surface area contributed by atoms with E-state index in [2.05, 4.69) is 51.6 Å². The third-order valence-corrected chi connectivity index (χ3v) is 7.17. The monoisotopic (exact) mass is 484 g/mol. The SMILES string of the molecule is CC(O)c1nccn1Cc1cc(-c2ccc(C#Cc3ccc(CNC4CCSC4)cc3)cc2)on1. The molecule has 5 rings (SSSR count). The van der Waals surface area contributed by atoms with Gasteiger partial charge in [-0.15, -0.1) is 0 Å². The van der Waals surface area contributed by atoms with Gasteiger partial charge in [0.1, 0.15) is 17.6 Å². The van der Waals surface area contributed by atoms with Gasteiger partial charge in [-0.2, -0.15) is 11.8 Å². The number of imidazole rings is 1. The van der Waals surface area contributed by atoms with Crippen molar-refractivity contribution < 1.29 is 9.63 Å². The predicted octanol–water partition coefficient (Wildman–Crippen LogP) is 4.63. The highest BCUT2D eigenvalue weighted by atomic mass is 32.2. The van der Waals surface area contributed by atoms with Gasteiger partial charge in [0.15, 0.2) is 5.76 Å². The number of hydrogen-bond donors (Lipinski definition) is 2. The Morgan fingerprint density at radius 2 is 1.89 bits per heavy atom. The Morgan fingerprint density at radius 3 is 2.57 bits per heavy atom. The largest absolute Gasteiger partial charge is 0.385 e. The lowest BCUT2D eigenvalue weighted by molar-refractivity contribution is 0.184. The fourth-order valence-corrected chi connectivity index (χ4v) is 5.23. The van der Waals surface area contributed by atoms with Crippen molar-refractivity contribution in [2.45, 2.75) is 38.6 Å². The van der Waals surface area contributed by atoms with Gasteiger partial charge in [-0.3, -0.25) is 0 Å². The van der Waals surface area contributed by atoms with Crippen LogP contribution in [0.1, 0.15) is 47.7 Å². The molecule has 0 aliphatic carbocycles. The van der Waals surface area contributed by atoms with E-state index in [4.69, 9.17) is 4.52 Å². The van der Waals surface area contributed by atoms with Crippen molar-refractivity contribution in [3.05, 3.63) is 95.2 Å². The van der Waals surface area contributed by atoms with Crippen LogP contribution in [0.15, 0.2) is 71.5 Å². The maximum Gasteiger partial charge on any atom is 0.167 e. The summed E-state index contributed by atoms with van der Waals surface area (Å²) in [6.07, 6.45) is 4.12. The zero-order chi connectivity index (χ0) is 24.0. The fourth-order valence-electron chi connectivity index (χ4n) is 4.04. The lowest BCUT2D eigenvalue weighted by Gasteiger charge is -2.10. The third kappa shape index (κ3) is 6.04. The van der Waals surface area contributed by atoms with E-state index in [-0.39, 0.29) is 0 Å². The van der Waals surface area contributed by atoms with E-state index < -0.39 is 6.10 Å². The zero-order valence-electron chi connectivity index (χ0n) is 19.6. The molecule has 1 saturated heterocycles. The first kappa shape index (κ1) is 23.4. The topological polar surface area (TPSA) is 76.1 Å². The highest BCUT2D eigenvalue weighted by molar-refractivity contribution is 7.99. The Morgan fingerprint density at radius 1 is 1.14 bits per heavy atom. The molecule has 0 bridgehead atoms. The molecule has 178 valence electrons. The van der Waals surface area contributed by atoms with Gasteiger partial charge in [-0.25, -0.2) is 4.98 Å². The van der Waals surface area contributed by atoms with Gasteiger partial charge in [0.2, 0.25) is 0 Å². The molecule has 2 unspecified atom stereocenters. The molecule has 2 N–H and O–H groups in total. The second kappa shape index (κ2) is 11.0. The average molecular weight is 485 g/mol. The van der Waals surface area contributed by atoms with Crippen LogP contribution in [0.4, 0.5) is 0 Å². The summed E-state index contributed by atoms with van der Waals surface area (Å²) in [6.45, 7) is 3.09. The van der Waals surface area contributed by atoms with Crippen LogP contribution in [0.2, 0.25) is 0 Å². The molecule has 0 amide bonds. The maximum atomic E-state index is 9.83. The van der Waals surface area contributed by atoms with Gasteiger partial charge < -0.3 is 19.5 Å². The fraction of sp³-hybridized carbons (Fsp3) is 0.286. The summed E-state index contributed by atoms with van der Waals surface area (Å²) in [4.78, 5) is 4.19. The Balaban J connectivity index is 1.19. The number of aromatic nitrogens is 3. The van der Waals surface area contributed by atoms with Gasteiger partial charge in [-0.05, 0) is 61.1 Å². The Bertz CT molecular complexity index is 1310. The molecule has 0 saturated carbocycles. The lowest BCUT2D eigenvalue weighted by atomic mass is 10.1. The molecule has 3 heterocycles. The van der Waals surface area contributed by atoms with Crippen molar-refractivity contribution in [1.82, 2.24) is 20.0 Å². The van der Waals surface area contributed by atoms with Gasteiger partial charge in [-0.1, -0.05) is 29.1 Å².